The van der Waals surface area contributed by atoms with Gasteiger partial charge in [-0.05, 0) is 95.0 Å². The number of fused-ring (bicyclic) bond motifs is 7. The van der Waals surface area contributed by atoms with Gasteiger partial charge in [-0.15, -0.1) is 0 Å². The molecule has 1 aromatic heterocycles. The molecular formula is C55H38N2. The van der Waals surface area contributed by atoms with Gasteiger partial charge in [-0.1, -0.05) is 190 Å². The molecule has 11 rings (SSSR count). The van der Waals surface area contributed by atoms with Crippen molar-refractivity contribution in [3.8, 4) is 67.3 Å². The highest BCUT2D eigenvalue weighted by Crippen LogP contribution is 2.49. The Bertz CT molecular complexity index is 3180. The molecular weight excluding hydrogens is 689 g/mol. The maximum atomic E-state index is 5.27. The fourth-order valence-corrected chi connectivity index (χ4v) is 9.12. The zero-order valence-electron chi connectivity index (χ0n) is 31.9. The Morgan fingerprint density at radius 3 is 1.72 bits per heavy atom. The minimum atomic E-state index is -0.109. The van der Waals surface area contributed by atoms with Crippen LogP contribution < -0.4 is 0 Å². The van der Waals surface area contributed by atoms with E-state index in [2.05, 4.69) is 208 Å². The quantitative estimate of drug-likeness (QED) is 0.130. The fraction of sp³-hybridized carbons (Fsp3) is 0.0545. The molecule has 0 fully saturated rings. The first-order valence-electron chi connectivity index (χ1n) is 19.7. The molecule has 10 aromatic rings. The summed E-state index contributed by atoms with van der Waals surface area (Å²) in [5.41, 5.74) is 14.9. The van der Waals surface area contributed by atoms with Crippen LogP contribution in [0.2, 0.25) is 0 Å². The minimum absolute atomic E-state index is 0.109. The van der Waals surface area contributed by atoms with Gasteiger partial charge in [-0.2, -0.15) is 0 Å². The molecule has 0 N–H and O–H groups in total. The Morgan fingerprint density at radius 1 is 0.333 bits per heavy atom. The Balaban J connectivity index is 1.05. The molecule has 0 amide bonds. The molecule has 1 aliphatic carbocycles. The lowest BCUT2D eigenvalue weighted by atomic mass is 9.82. The average Bonchev–Trinajstić information content (AvgIpc) is 3.51. The van der Waals surface area contributed by atoms with Crippen molar-refractivity contribution in [2.24, 2.45) is 0 Å². The van der Waals surface area contributed by atoms with Crippen molar-refractivity contribution in [2.75, 3.05) is 0 Å². The Labute approximate surface area is 332 Å². The van der Waals surface area contributed by atoms with Crippen LogP contribution in [0.1, 0.15) is 25.0 Å². The Kier molecular flexibility index (Phi) is 7.55. The number of hydrogen-bond donors (Lipinski definition) is 0. The molecule has 0 saturated carbocycles. The van der Waals surface area contributed by atoms with Gasteiger partial charge in [0.05, 0.1) is 11.4 Å². The van der Waals surface area contributed by atoms with Crippen molar-refractivity contribution in [3.05, 3.63) is 205 Å². The molecule has 0 aliphatic heterocycles. The Hall–Kier alpha value is -7.16. The maximum absolute atomic E-state index is 5.27. The molecule has 0 spiro atoms. The van der Waals surface area contributed by atoms with Crippen LogP contribution in [0, 0.1) is 0 Å². The van der Waals surface area contributed by atoms with Gasteiger partial charge in [0, 0.05) is 22.1 Å². The number of hydrogen-bond acceptors (Lipinski definition) is 2. The molecule has 268 valence electrons. The third kappa shape index (κ3) is 5.48. The van der Waals surface area contributed by atoms with Crippen LogP contribution in [0.15, 0.2) is 194 Å². The predicted octanol–water partition coefficient (Wildman–Crippen LogP) is 14.6. The van der Waals surface area contributed by atoms with E-state index in [9.17, 15) is 0 Å². The third-order valence-electron chi connectivity index (χ3n) is 12.1. The number of rotatable bonds is 5. The standard InChI is InChI=1S/C55H38N2/c1-55(2)49-19-11-10-18-45(49)46-30-29-42(33-50(46)55)52-34-51(56-54(57-52)40-26-20-36(21-27-40)35-12-4-3-5-13-35)38-22-24-39(25-23-38)53-44-17-9-7-15-41(44)32-48-43-16-8-6-14-37(43)28-31-47(48)53/h3-34H,1-2H3. The summed E-state index contributed by atoms with van der Waals surface area (Å²) in [7, 11) is 0. The van der Waals surface area contributed by atoms with E-state index in [4.69, 9.17) is 9.97 Å². The summed E-state index contributed by atoms with van der Waals surface area (Å²) >= 11 is 0. The smallest absolute Gasteiger partial charge is 0.160 e. The van der Waals surface area contributed by atoms with Gasteiger partial charge in [0.1, 0.15) is 0 Å². The molecule has 57 heavy (non-hydrogen) atoms. The van der Waals surface area contributed by atoms with Gasteiger partial charge in [0.25, 0.3) is 0 Å². The van der Waals surface area contributed by atoms with Crippen molar-refractivity contribution in [2.45, 2.75) is 19.3 Å². The lowest BCUT2D eigenvalue weighted by Crippen LogP contribution is -2.14. The van der Waals surface area contributed by atoms with Crippen molar-refractivity contribution < 1.29 is 0 Å². The second-order valence-electron chi connectivity index (χ2n) is 15.8. The van der Waals surface area contributed by atoms with Gasteiger partial charge in [-0.3, -0.25) is 0 Å². The fourth-order valence-electron chi connectivity index (χ4n) is 9.12. The van der Waals surface area contributed by atoms with E-state index in [-0.39, 0.29) is 5.41 Å². The third-order valence-corrected chi connectivity index (χ3v) is 12.1. The van der Waals surface area contributed by atoms with Crippen LogP contribution in [0.4, 0.5) is 0 Å². The van der Waals surface area contributed by atoms with E-state index in [1.165, 1.54) is 76.8 Å². The summed E-state index contributed by atoms with van der Waals surface area (Å²) in [4.78, 5) is 10.5. The lowest BCUT2D eigenvalue weighted by Gasteiger charge is -2.22. The van der Waals surface area contributed by atoms with E-state index in [1.54, 1.807) is 0 Å². The van der Waals surface area contributed by atoms with Crippen LogP contribution in [0.25, 0.3) is 99.6 Å². The average molecular weight is 727 g/mol. The maximum Gasteiger partial charge on any atom is 0.160 e. The number of benzene rings is 9. The molecule has 2 heteroatoms. The Morgan fingerprint density at radius 2 is 0.912 bits per heavy atom. The molecule has 0 unspecified atom stereocenters. The molecule has 0 atom stereocenters. The molecule has 0 radical (unpaired) electrons. The van der Waals surface area contributed by atoms with E-state index in [1.807, 2.05) is 0 Å². The van der Waals surface area contributed by atoms with Crippen molar-refractivity contribution >= 4 is 32.3 Å². The summed E-state index contributed by atoms with van der Waals surface area (Å²) in [6.07, 6.45) is 0. The van der Waals surface area contributed by atoms with Gasteiger partial charge in [0.15, 0.2) is 5.82 Å². The van der Waals surface area contributed by atoms with Crippen molar-refractivity contribution in [3.63, 3.8) is 0 Å². The van der Waals surface area contributed by atoms with Crippen LogP contribution in [-0.4, -0.2) is 9.97 Å². The molecule has 0 bridgehead atoms. The van der Waals surface area contributed by atoms with E-state index < -0.39 is 0 Å². The molecule has 9 aromatic carbocycles. The highest BCUT2D eigenvalue weighted by Gasteiger charge is 2.35. The van der Waals surface area contributed by atoms with Crippen molar-refractivity contribution in [1.82, 2.24) is 9.97 Å². The first-order chi connectivity index (χ1) is 28.0. The molecule has 1 aliphatic rings. The summed E-state index contributed by atoms with van der Waals surface area (Å²) < 4.78 is 0. The van der Waals surface area contributed by atoms with Crippen LogP contribution >= 0.6 is 0 Å². The molecule has 1 heterocycles. The first kappa shape index (κ1) is 33.2. The summed E-state index contributed by atoms with van der Waals surface area (Å²) in [6.45, 7) is 4.66. The highest BCUT2D eigenvalue weighted by molar-refractivity contribution is 6.20. The SMILES string of the molecule is CC1(C)c2ccccc2-c2ccc(-c3cc(-c4ccc(-c5c6ccccc6cc6c5ccc5ccccc56)cc4)nc(-c4ccc(-c5ccccc5)cc4)n3)cc21. The van der Waals surface area contributed by atoms with Crippen LogP contribution in [-0.2, 0) is 5.41 Å². The van der Waals surface area contributed by atoms with Crippen LogP contribution in [0.3, 0.4) is 0 Å². The van der Waals surface area contributed by atoms with E-state index in [0.717, 1.165) is 28.1 Å². The zero-order chi connectivity index (χ0) is 38.1. The minimum Gasteiger partial charge on any atom is -0.228 e. The zero-order valence-corrected chi connectivity index (χ0v) is 31.9. The lowest BCUT2D eigenvalue weighted by molar-refractivity contribution is 0.660. The molecule has 2 nitrogen and oxygen atoms in total. The first-order valence-corrected chi connectivity index (χ1v) is 19.7. The van der Waals surface area contributed by atoms with E-state index in [0.29, 0.717) is 5.82 Å². The normalized spacial score (nSPS) is 12.9. The van der Waals surface area contributed by atoms with Gasteiger partial charge in [0.2, 0.25) is 0 Å². The summed E-state index contributed by atoms with van der Waals surface area (Å²) in [5, 5.41) is 7.55. The van der Waals surface area contributed by atoms with Gasteiger partial charge in [-0.25, -0.2) is 9.97 Å². The second-order valence-corrected chi connectivity index (χ2v) is 15.8. The van der Waals surface area contributed by atoms with E-state index >= 15 is 0 Å². The number of aromatic nitrogens is 2. The number of nitrogens with zero attached hydrogens (tertiary/aromatic N) is 2. The highest BCUT2D eigenvalue weighted by atomic mass is 14.9. The topological polar surface area (TPSA) is 25.8 Å². The predicted molar refractivity (Wildman–Crippen MR) is 239 cm³/mol. The monoisotopic (exact) mass is 726 g/mol. The van der Waals surface area contributed by atoms with Crippen molar-refractivity contribution in [1.29, 1.82) is 0 Å². The summed E-state index contributed by atoms with van der Waals surface area (Å²) in [6, 6.07) is 70.2. The second kappa shape index (κ2) is 13.0. The van der Waals surface area contributed by atoms with Gasteiger partial charge >= 0.3 is 0 Å². The van der Waals surface area contributed by atoms with Crippen LogP contribution in [0.5, 0.6) is 0 Å². The largest absolute Gasteiger partial charge is 0.228 e. The molecule has 0 saturated heterocycles. The summed E-state index contributed by atoms with van der Waals surface area (Å²) in [5.74, 6) is 0.709. The van der Waals surface area contributed by atoms with Gasteiger partial charge < -0.3 is 0 Å².